The molecule has 2 rings (SSSR count). The van der Waals surface area contributed by atoms with Gasteiger partial charge in [0.25, 0.3) is 0 Å². The fourth-order valence-electron chi connectivity index (χ4n) is 2.90. The van der Waals surface area contributed by atoms with E-state index in [4.69, 9.17) is 0 Å². The molecule has 100 valence electrons. The molecule has 1 fully saturated rings. The minimum Gasteiger partial charge on any atom is -0.309 e. The monoisotopic (exact) mass is 246 g/mol. The molecule has 0 aromatic heterocycles. The van der Waals surface area contributed by atoms with Crippen LogP contribution in [0.15, 0.2) is 24.3 Å². The molecule has 1 unspecified atom stereocenters. The first kappa shape index (κ1) is 13.6. The highest BCUT2D eigenvalue weighted by molar-refractivity contribution is 5.28. The summed E-state index contributed by atoms with van der Waals surface area (Å²) in [6, 6.07) is 9.83. The van der Waals surface area contributed by atoms with E-state index < -0.39 is 0 Å². The molecule has 1 heterocycles. The molecule has 0 spiro atoms. The molecule has 1 aliphatic heterocycles. The van der Waals surface area contributed by atoms with Gasteiger partial charge in [-0.05, 0) is 51.4 Å². The van der Waals surface area contributed by atoms with Crippen molar-refractivity contribution < 1.29 is 0 Å². The minimum atomic E-state index is 0.446. The second-order valence-corrected chi connectivity index (χ2v) is 5.62. The average Bonchev–Trinajstić information content (AvgIpc) is 2.38. The smallest absolute Gasteiger partial charge is 0.0295 e. The van der Waals surface area contributed by atoms with E-state index in [2.05, 4.69) is 55.4 Å². The third-order valence-corrected chi connectivity index (χ3v) is 4.24. The van der Waals surface area contributed by atoms with Gasteiger partial charge in [-0.25, -0.2) is 0 Å². The molecule has 0 bridgehead atoms. The molecule has 2 heteroatoms. The summed E-state index contributed by atoms with van der Waals surface area (Å²) < 4.78 is 0. The summed E-state index contributed by atoms with van der Waals surface area (Å²) in [5.74, 6) is 0. The maximum Gasteiger partial charge on any atom is 0.0295 e. The largest absolute Gasteiger partial charge is 0.309 e. The number of hydrogen-bond donors (Lipinski definition) is 1. The number of likely N-dealkylation sites (tertiary alicyclic amines) is 1. The fraction of sp³-hybridized carbons (Fsp3) is 0.625. The van der Waals surface area contributed by atoms with Gasteiger partial charge in [0.05, 0.1) is 0 Å². The Hall–Kier alpha value is -0.860. The standard InChI is InChI=1S/C16H26N2/c1-13-8-4-5-10-16(13)14(2)17-12-15-9-6-7-11-18(15)3/h4-5,8,10,14-15,17H,6-7,9,11-12H2,1-3H3/t14-,15?/m0/s1. The van der Waals surface area contributed by atoms with Crippen molar-refractivity contribution >= 4 is 0 Å². The van der Waals surface area contributed by atoms with Crippen LogP contribution >= 0.6 is 0 Å². The van der Waals surface area contributed by atoms with Gasteiger partial charge in [0.2, 0.25) is 0 Å². The maximum atomic E-state index is 3.70. The van der Waals surface area contributed by atoms with E-state index in [0.717, 1.165) is 6.54 Å². The first-order valence-corrected chi connectivity index (χ1v) is 7.17. The van der Waals surface area contributed by atoms with E-state index in [1.807, 2.05) is 0 Å². The fourth-order valence-corrected chi connectivity index (χ4v) is 2.90. The highest BCUT2D eigenvalue weighted by Gasteiger charge is 2.19. The zero-order valence-electron chi connectivity index (χ0n) is 11.9. The molecule has 0 aliphatic carbocycles. The lowest BCUT2D eigenvalue weighted by Crippen LogP contribution is -2.43. The van der Waals surface area contributed by atoms with Gasteiger partial charge in [-0.1, -0.05) is 30.7 Å². The number of hydrogen-bond acceptors (Lipinski definition) is 2. The van der Waals surface area contributed by atoms with Gasteiger partial charge < -0.3 is 10.2 Å². The van der Waals surface area contributed by atoms with E-state index in [0.29, 0.717) is 12.1 Å². The molecule has 1 saturated heterocycles. The topological polar surface area (TPSA) is 15.3 Å². The molecule has 0 amide bonds. The highest BCUT2D eigenvalue weighted by Crippen LogP contribution is 2.18. The first-order chi connectivity index (χ1) is 8.68. The van der Waals surface area contributed by atoms with Crippen LogP contribution in [0.5, 0.6) is 0 Å². The second-order valence-electron chi connectivity index (χ2n) is 5.62. The second kappa shape index (κ2) is 6.35. The quantitative estimate of drug-likeness (QED) is 0.878. The van der Waals surface area contributed by atoms with Crippen LogP contribution in [0.1, 0.15) is 43.4 Å². The average molecular weight is 246 g/mol. The van der Waals surface area contributed by atoms with Crippen molar-refractivity contribution in [1.82, 2.24) is 10.2 Å². The summed E-state index contributed by atoms with van der Waals surface area (Å²) in [5.41, 5.74) is 2.81. The Morgan fingerprint density at radius 2 is 2.11 bits per heavy atom. The number of nitrogens with zero attached hydrogens (tertiary/aromatic N) is 1. The Bertz CT molecular complexity index is 375. The molecule has 1 aromatic carbocycles. The van der Waals surface area contributed by atoms with Crippen molar-refractivity contribution in [1.29, 1.82) is 0 Å². The Kier molecular flexibility index (Phi) is 4.79. The zero-order valence-corrected chi connectivity index (χ0v) is 11.9. The van der Waals surface area contributed by atoms with Crippen molar-refractivity contribution in [2.45, 2.75) is 45.2 Å². The number of piperidine rings is 1. The predicted octanol–water partition coefficient (Wildman–Crippen LogP) is 3.13. The molecule has 1 N–H and O–H groups in total. The van der Waals surface area contributed by atoms with Crippen molar-refractivity contribution in [2.75, 3.05) is 20.1 Å². The van der Waals surface area contributed by atoms with Crippen LogP contribution in [-0.2, 0) is 0 Å². The van der Waals surface area contributed by atoms with Gasteiger partial charge >= 0.3 is 0 Å². The maximum absolute atomic E-state index is 3.70. The highest BCUT2D eigenvalue weighted by atomic mass is 15.2. The molecule has 18 heavy (non-hydrogen) atoms. The minimum absolute atomic E-state index is 0.446. The van der Waals surface area contributed by atoms with Crippen LogP contribution in [0, 0.1) is 6.92 Å². The predicted molar refractivity (Wildman–Crippen MR) is 77.9 cm³/mol. The molecular formula is C16H26N2. The van der Waals surface area contributed by atoms with Gasteiger partial charge in [0.15, 0.2) is 0 Å². The van der Waals surface area contributed by atoms with Crippen LogP contribution in [-0.4, -0.2) is 31.1 Å². The molecule has 0 saturated carbocycles. The van der Waals surface area contributed by atoms with Crippen molar-refractivity contribution in [3.63, 3.8) is 0 Å². The zero-order chi connectivity index (χ0) is 13.0. The normalized spacial score (nSPS) is 22.9. The first-order valence-electron chi connectivity index (χ1n) is 7.17. The van der Waals surface area contributed by atoms with Crippen LogP contribution in [0.25, 0.3) is 0 Å². The summed E-state index contributed by atoms with van der Waals surface area (Å²) in [4.78, 5) is 2.50. The van der Waals surface area contributed by atoms with Crippen molar-refractivity contribution in [2.24, 2.45) is 0 Å². The van der Waals surface area contributed by atoms with Crippen LogP contribution in [0.2, 0.25) is 0 Å². The summed E-state index contributed by atoms with van der Waals surface area (Å²) in [7, 11) is 2.25. The molecular weight excluding hydrogens is 220 g/mol. The van der Waals surface area contributed by atoms with Crippen LogP contribution in [0.3, 0.4) is 0 Å². The van der Waals surface area contributed by atoms with E-state index in [-0.39, 0.29) is 0 Å². The third kappa shape index (κ3) is 3.33. The number of benzene rings is 1. The Morgan fingerprint density at radius 3 is 2.83 bits per heavy atom. The molecule has 0 radical (unpaired) electrons. The number of rotatable bonds is 4. The Labute approximate surface area is 111 Å². The van der Waals surface area contributed by atoms with Crippen LogP contribution < -0.4 is 5.32 Å². The molecule has 2 nitrogen and oxygen atoms in total. The van der Waals surface area contributed by atoms with Gasteiger partial charge in [-0.15, -0.1) is 0 Å². The Morgan fingerprint density at radius 1 is 1.33 bits per heavy atom. The van der Waals surface area contributed by atoms with E-state index in [9.17, 15) is 0 Å². The van der Waals surface area contributed by atoms with Crippen LogP contribution in [0.4, 0.5) is 0 Å². The lowest BCUT2D eigenvalue weighted by atomic mass is 10.0. The number of nitrogens with one attached hydrogen (secondary N) is 1. The number of aryl methyl sites for hydroxylation is 1. The molecule has 1 aliphatic rings. The lowest BCUT2D eigenvalue weighted by Gasteiger charge is -2.33. The van der Waals surface area contributed by atoms with Gasteiger partial charge in [0.1, 0.15) is 0 Å². The lowest BCUT2D eigenvalue weighted by molar-refractivity contribution is 0.178. The van der Waals surface area contributed by atoms with E-state index in [1.54, 1.807) is 0 Å². The summed E-state index contributed by atoms with van der Waals surface area (Å²) in [6.07, 6.45) is 4.08. The molecule has 1 aromatic rings. The summed E-state index contributed by atoms with van der Waals surface area (Å²) in [5, 5.41) is 3.70. The van der Waals surface area contributed by atoms with E-state index >= 15 is 0 Å². The van der Waals surface area contributed by atoms with Gasteiger partial charge in [0, 0.05) is 18.6 Å². The van der Waals surface area contributed by atoms with Gasteiger partial charge in [-0.2, -0.15) is 0 Å². The Balaban J connectivity index is 1.88. The number of likely N-dealkylation sites (N-methyl/N-ethyl adjacent to an activating group) is 1. The van der Waals surface area contributed by atoms with Gasteiger partial charge in [-0.3, -0.25) is 0 Å². The third-order valence-electron chi connectivity index (χ3n) is 4.24. The summed E-state index contributed by atoms with van der Waals surface area (Å²) in [6.45, 7) is 6.82. The SMILES string of the molecule is Cc1ccccc1[C@H](C)NCC1CCCCN1C. The van der Waals surface area contributed by atoms with E-state index in [1.165, 1.54) is 36.9 Å². The summed E-state index contributed by atoms with van der Waals surface area (Å²) >= 11 is 0. The van der Waals surface area contributed by atoms with Crippen molar-refractivity contribution in [3.05, 3.63) is 35.4 Å². The van der Waals surface area contributed by atoms with Crippen molar-refractivity contribution in [3.8, 4) is 0 Å². The molecule has 2 atom stereocenters.